The highest BCUT2D eigenvalue weighted by atomic mass is 16.5. The highest BCUT2D eigenvalue weighted by Gasteiger charge is 2.04. The molecule has 0 aliphatic heterocycles. The second-order valence-corrected chi connectivity index (χ2v) is 4.57. The highest BCUT2D eigenvalue weighted by Crippen LogP contribution is 2.14. The average Bonchev–Trinajstić information content (AvgIpc) is 2.35. The average molecular weight is 251 g/mol. The van der Waals surface area contributed by atoms with Gasteiger partial charge >= 0.3 is 0 Å². The van der Waals surface area contributed by atoms with Gasteiger partial charge in [-0.3, -0.25) is 0 Å². The first-order valence-electron chi connectivity index (χ1n) is 6.97. The molecule has 1 rings (SSSR count). The van der Waals surface area contributed by atoms with E-state index >= 15 is 0 Å². The van der Waals surface area contributed by atoms with Crippen molar-refractivity contribution in [2.75, 3.05) is 11.9 Å². The van der Waals surface area contributed by atoms with Crippen molar-refractivity contribution >= 4 is 5.82 Å². The molecule has 4 heteroatoms. The summed E-state index contributed by atoms with van der Waals surface area (Å²) in [5.74, 6) is 1.48. The van der Waals surface area contributed by atoms with Gasteiger partial charge < -0.3 is 10.1 Å². The van der Waals surface area contributed by atoms with E-state index in [1.54, 1.807) is 0 Å². The first kappa shape index (κ1) is 14.7. The van der Waals surface area contributed by atoms with E-state index in [0.29, 0.717) is 18.5 Å². The van der Waals surface area contributed by atoms with Gasteiger partial charge in [-0.2, -0.15) is 0 Å². The van der Waals surface area contributed by atoms with Crippen LogP contribution in [-0.2, 0) is 0 Å². The van der Waals surface area contributed by atoms with Crippen molar-refractivity contribution in [3.63, 3.8) is 0 Å². The predicted molar refractivity (Wildman–Crippen MR) is 75.0 cm³/mol. The van der Waals surface area contributed by atoms with Crippen molar-refractivity contribution in [3.05, 3.63) is 12.4 Å². The molecule has 1 aromatic heterocycles. The number of ether oxygens (including phenoxy) is 1. The van der Waals surface area contributed by atoms with Gasteiger partial charge in [-0.25, -0.2) is 9.97 Å². The second kappa shape index (κ2) is 8.72. The molecule has 1 N–H and O–H groups in total. The number of rotatable bonds is 9. The Morgan fingerprint density at radius 2 is 2.06 bits per heavy atom. The van der Waals surface area contributed by atoms with Gasteiger partial charge in [0.2, 0.25) is 5.88 Å². The molecule has 0 bridgehead atoms. The summed E-state index contributed by atoms with van der Waals surface area (Å²) in [6, 6.07) is 2.29. The molecule has 1 atom stereocenters. The lowest BCUT2D eigenvalue weighted by Gasteiger charge is -2.14. The number of nitrogens with zero attached hydrogens (tertiary/aromatic N) is 2. The third-order valence-electron chi connectivity index (χ3n) is 2.82. The quantitative estimate of drug-likeness (QED) is 0.681. The second-order valence-electron chi connectivity index (χ2n) is 4.57. The van der Waals surface area contributed by atoms with E-state index in [9.17, 15) is 0 Å². The number of unbranched alkanes of at least 4 members (excludes halogenated alkanes) is 3. The van der Waals surface area contributed by atoms with Crippen LogP contribution in [0.1, 0.15) is 52.9 Å². The molecule has 0 saturated carbocycles. The minimum absolute atomic E-state index is 0.436. The Morgan fingerprint density at radius 3 is 2.78 bits per heavy atom. The van der Waals surface area contributed by atoms with Crippen LogP contribution in [0.5, 0.6) is 5.88 Å². The summed E-state index contributed by atoms with van der Waals surface area (Å²) in [4.78, 5) is 8.25. The molecule has 0 saturated heterocycles. The van der Waals surface area contributed by atoms with Crippen LogP contribution in [0, 0.1) is 0 Å². The summed E-state index contributed by atoms with van der Waals surface area (Å²) >= 11 is 0. The van der Waals surface area contributed by atoms with Crippen molar-refractivity contribution < 1.29 is 4.74 Å². The zero-order valence-electron chi connectivity index (χ0n) is 11.8. The maximum absolute atomic E-state index is 5.35. The Hall–Kier alpha value is -1.32. The normalized spacial score (nSPS) is 12.2. The van der Waals surface area contributed by atoms with Gasteiger partial charge in [0.1, 0.15) is 12.1 Å². The smallest absolute Gasteiger partial charge is 0.218 e. The molecule has 0 aliphatic rings. The van der Waals surface area contributed by atoms with E-state index in [-0.39, 0.29) is 0 Å². The van der Waals surface area contributed by atoms with Crippen molar-refractivity contribution in [2.45, 2.75) is 58.9 Å². The lowest BCUT2D eigenvalue weighted by Crippen LogP contribution is -2.16. The molecule has 1 unspecified atom stereocenters. The summed E-state index contributed by atoms with van der Waals surface area (Å²) < 4.78 is 5.35. The van der Waals surface area contributed by atoms with Crippen LogP contribution >= 0.6 is 0 Å². The molecule has 0 fully saturated rings. The van der Waals surface area contributed by atoms with E-state index in [2.05, 4.69) is 29.1 Å². The third-order valence-corrected chi connectivity index (χ3v) is 2.82. The summed E-state index contributed by atoms with van der Waals surface area (Å²) in [6.45, 7) is 7.00. The van der Waals surface area contributed by atoms with E-state index in [1.165, 1.54) is 38.4 Å². The van der Waals surface area contributed by atoms with Gasteiger partial charge in [0.05, 0.1) is 6.61 Å². The molecule has 0 aliphatic carbocycles. The maximum Gasteiger partial charge on any atom is 0.218 e. The van der Waals surface area contributed by atoms with Gasteiger partial charge in [-0.15, -0.1) is 0 Å². The molecular weight excluding hydrogens is 226 g/mol. The first-order valence-corrected chi connectivity index (χ1v) is 6.97. The van der Waals surface area contributed by atoms with Crippen molar-refractivity contribution in [2.24, 2.45) is 0 Å². The number of anilines is 1. The topological polar surface area (TPSA) is 47.0 Å². The number of nitrogens with one attached hydrogen (secondary N) is 1. The predicted octanol–water partition coefficient (Wildman–Crippen LogP) is 3.65. The van der Waals surface area contributed by atoms with Gasteiger partial charge in [0, 0.05) is 12.1 Å². The van der Waals surface area contributed by atoms with E-state index in [1.807, 2.05) is 13.0 Å². The van der Waals surface area contributed by atoms with Crippen molar-refractivity contribution in [1.82, 2.24) is 9.97 Å². The van der Waals surface area contributed by atoms with E-state index in [0.717, 1.165) is 5.82 Å². The molecular formula is C14H25N3O. The molecule has 0 radical (unpaired) electrons. The summed E-state index contributed by atoms with van der Waals surface area (Å²) in [5, 5.41) is 3.39. The molecule has 1 aromatic rings. The molecule has 1 heterocycles. The summed E-state index contributed by atoms with van der Waals surface area (Å²) in [5.41, 5.74) is 0. The lowest BCUT2D eigenvalue weighted by atomic mass is 10.1. The van der Waals surface area contributed by atoms with Crippen LogP contribution in [0.15, 0.2) is 12.4 Å². The maximum atomic E-state index is 5.35. The van der Waals surface area contributed by atoms with Gasteiger partial charge in [-0.1, -0.05) is 32.6 Å². The molecule has 4 nitrogen and oxygen atoms in total. The van der Waals surface area contributed by atoms with Crippen LogP contribution in [0.2, 0.25) is 0 Å². The first-order chi connectivity index (χ1) is 8.76. The van der Waals surface area contributed by atoms with Crippen molar-refractivity contribution in [1.29, 1.82) is 0 Å². The lowest BCUT2D eigenvalue weighted by molar-refractivity contribution is 0.326. The molecule has 102 valence electrons. The Morgan fingerprint density at radius 1 is 1.22 bits per heavy atom. The van der Waals surface area contributed by atoms with Gasteiger partial charge in [-0.05, 0) is 20.3 Å². The molecule has 0 spiro atoms. The summed E-state index contributed by atoms with van der Waals surface area (Å²) in [7, 11) is 0. The van der Waals surface area contributed by atoms with E-state index < -0.39 is 0 Å². The minimum Gasteiger partial charge on any atom is -0.478 e. The fourth-order valence-electron chi connectivity index (χ4n) is 1.85. The van der Waals surface area contributed by atoms with Crippen LogP contribution in [-0.4, -0.2) is 22.6 Å². The number of hydrogen-bond donors (Lipinski definition) is 1. The van der Waals surface area contributed by atoms with Crippen LogP contribution in [0.3, 0.4) is 0 Å². The summed E-state index contributed by atoms with van der Waals surface area (Å²) in [6.07, 6.45) is 7.91. The fraction of sp³-hybridized carbons (Fsp3) is 0.714. The van der Waals surface area contributed by atoms with Crippen molar-refractivity contribution in [3.8, 4) is 5.88 Å². The number of aromatic nitrogens is 2. The molecule has 0 amide bonds. The Kier molecular flexibility index (Phi) is 7.14. The van der Waals surface area contributed by atoms with Crippen LogP contribution in [0.25, 0.3) is 0 Å². The zero-order valence-corrected chi connectivity index (χ0v) is 11.8. The largest absolute Gasteiger partial charge is 0.478 e. The van der Waals surface area contributed by atoms with Crippen LogP contribution in [0.4, 0.5) is 5.82 Å². The van der Waals surface area contributed by atoms with Gasteiger partial charge in [0.25, 0.3) is 0 Å². The third kappa shape index (κ3) is 5.84. The number of hydrogen-bond acceptors (Lipinski definition) is 4. The zero-order chi connectivity index (χ0) is 13.2. The fourth-order valence-corrected chi connectivity index (χ4v) is 1.85. The highest BCUT2D eigenvalue weighted by molar-refractivity contribution is 5.37. The minimum atomic E-state index is 0.436. The van der Waals surface area contributed by atoms with Gasteiger partial charge in [0.15, 0.2) is 0 Å². The Labute approximate surface area is 110 Å². The SMILES string of the molecule is CCCCCCC(C)Nc1cc(OCC)ncn1. The Balaban J connectivity index is 2.34. The Bertz CT molecular complexity index is 331. The van der Waals surface area contributed by atoms with Crippen LogP contribution < -0.4 is 10.1 Å². The standard InChI is InChI=1S/C14H25N3O/c1-4-6-7-8-9-12(3)17-13-10-14(18-5-2)16-11-15-13/h10-12H,4-9H2,1-3H3,(H,15,16,17). The van der Waals surface area contributed by atoms with E-state index in [4.69, 9.17) is 4.74 Å². The molecule has 0 aromatic carbocycles. The monoisotopic (exact) mass is 251 g/mol. The molecule has 18 heavy (non-hydrogen) atoms.